The summed E-state index contributed by atoms with van der Waals surface area (Å²) in [6.45, 7) is 7.17. The predicted octanol–water partition coefficient (Wildman–Crippen LogP) is 4.30. The zero-order valence-corrected chi connectivity index (χ0v) is 13.1. The maximum atomic E-state index is 6.18. The quantitative estimate of drug-likeness (QED) is 0.670. The lowest BCUT2D eigenvalue weighted by Gasteiger charge is -2.32. The number of hydrogen-bond donors (Lipinski definition) is 0. The highest BCUT2D eigenvalue weighted by Crippen LogP contribution is 2.28. The van der Waals surface area contributed by atoms with Crippen LogP contribution in [0.5, 0.6) is 0 Å². The van der Waals surface area contributed by atoms with Crippen LogP contribution in [0.4, 0.5) is 0 Å². The summed E-state index contributed by atoms with van der Waals surface area (Å²) in [5.74, 6) is -1.09. The maximum Gasteiger partial charge on any atom is 0.287 e. The normalized spacial score (nSPS) is 11.8. The lowest BCUT2D eigenvalue weighted by Crippen LogP contribution is -2.41. The highest BCUT2D eigenvalue weighted by Gasteiger charge is 2.33. The second-order valence-electron chi connectivity index (χ2n) is 3.89. The topological polar surface area (TPSA) is 27.7 Å². The smallest absolute Gasteiger partial charge is 0.287 e. The van der Waals surface area contributed by atoms with Crippen LogP contribution in [0.25, 0.3) is 0 Å². The first-order chi connectivity index (χ1) is 9.06. The van der Waals surface area contributed by atoms with E-state index >= 15 is 0 Å². The third-order valence-electron chi connectivity index (χ3n) is 2.51. The molecule has 1 rings (SSSR count). The van der Waals surface area contributed by atoms with Gasteiger partial charge in [0, 0.05) is 29.9 Å². The molecule has 108 valence electrons. The zero-order valence-electron chi connectivity index (χ0n) is 11.5. The first-order valence-electron chi connectivity index (χ1n) is 6.42. The first-order valence-corrected chi connectivity index (χ1v) is 7.18. The van der Waals surface area contributed by atoms with Crippen molar-refractivity contribution in [1.82, 2.24) is 0 Å². The largest absolute Gasteiger partial charge is 0.327 e. The zero-order chi connectivity index (χ0) is 14.3. The maximum absolute atomic E-state index is 6.18. The lowest BCUT2D eigenvalue weighted by molar-refractivity contribution is -0.376. The van der Waals surface area contributed by atoms with E-state index in [-0.39, 0.29) is 0 Å². The molecule has 0 atom stereocenters. The Morgan fingerprint density at radius 2 is 1.47 bits per heavy atom. The Morgan fingerprint density at radius 1 is 0.947 bits per heavy atom. The van der Waals surface area contributed by atoms with Gasteiger partial charge in [-0.15, -0.1) is 0 Å². The van der Waals surface area contributed by atoms with Gasteiger partial charge in [-0.2, -0.15) is 0 Å². The average Bonchev–Trinajstić information content (AvgIpc) is 2.34. The molecule has 0 aliphatic rings. The van der Waals surface area contributed by atoms with Crippen molar-refractivity contribution >= 4 is 23.2 Å². The Kier molecular flexibility index (Phi) is 7.11. The van der Waals surface area contributed by atoms with Gasteiger partial charge < -0.3 is 14.2 Å². The number of benzene rings is 1. The number of hydrogen-bond acceptors (Lipinski definition) is 3. The van der Waals surface area contributed by atoms with Crippen LogP contribution in [-0.2, 0) is 20.6 Å². The summed E-state index contributed by atoms with van der Waals surface area (Å²) >= 11 is 12.1. The molecule has 3 nitrogen and oxygen atoms in total. The molecule has 0 amide bonds. The van der Waals surface area contributed by atoms with Gasteiger partial charge in [0.25, 0.3) is 5.97 Å². The molecule has 0 saturated carbocycles. The second-order valence-corrected chi connectivity index (χ2v) is 4.74. The van der Waals surface area contributed by atoms with Gasteiger partial charge >= 0.3 is 0 Å². The highest BCUT2D eigenvalue weighted by atomic mass is 35.5. The molecule has 0 spiro atoms. The van der Waals surface area contributed by atoms with Crippen LogP contribution in [0.3, 0.4) is 0 Å². The lowest BCUT2D eigenvalue weighted by atomic mass is 10.1. The molecule has 0 heterocycles. The minimum atomic E-state index is -1.09. The predicted molar refractivity (Wildman–Crippen MR) is 77.8 cm³/mol. The van der Waals surface area contributed by atoms with E-state index in [4.69, 9.17) is 37.4 Å². The molecule has 1 aromatic carbocycles. The molecule has 0 unspecified atom stereocenters. The van der Waals surface area contributed by atoms with Crippen molar-refractivity contribution in [1.29, 1.82) is 0 Å². The van der Waals surface area contributed by atoms with Crippen LogP contribution in [0.15, 0.2) is 18.2 Å². The summed E-state index contributed by atoms with van der Waals surface area (Å²) in [5, 5.41) is 1.18. The van der Waals surface area contributed by atoms with Crippen molar-refractivity contribution in [3.8, 4) is 0 Å². The van der Waals surface area contributed by atoms with Crippen molar-refractivity contribution in [3.05, 3.63) is 33.8 Å². The minimum Gasteiger partial charge on any atom is -0.327 e. The van der Waals surface area contributed by atoms with Gasteiger partial charge in [-0.1, -0.05) is 29.3 Å². The molecule has 0 radical (unpaired) electrons. The van der Waals surface area contributed by atoms with E-state index in [1.54, 1.807) is 12.1 Å². The van der Waals surface area contributed by atoms with E-state index < -0.39 is 5.97 Å². The molecular formula is C14H20Cl2O3. The minimum absolute atomic E-state index is 0.415. The average molecular weight is 307 g/mol. The van der Waals surface area contributed by atoms with Gasteiger partial charge in [0.05, 0.1) is 6.42 Å². The Balaban J connectivity index is 2.97. The molecule has 1 aromatic rings. The van der Waals surface area contributed by atoms with Crippen LogP contribution < -0.4 is 0 Å². The molecule has 0 aliphatic heterocycles. The standard InChI is InChI=1S/C14H20Cl2O3/c1-4-17-14(18-5-2,19-6-3)10-11-7-8-12(15)9-13(11)16/h7-9H,4-6,10H2,1-3H3. The molecule has 0 aliphatic carbocycles. The molecular weight excluding hydrogens is 287 g/mol. The van der Waals surface area contributed by atoms with Crippen molar-refractivity contribution < 1.29 is 14.2 Å². The van der Waals surface area contributed by atoms with Crippen LogP contribution in [0, 0.1) is 0 Å². The number of halogens is 2. The highest BCUT2D eigenvalue weighted by molar-refractivity contribution is 6.35. The van der Waals surface area contributed by atoms with Gasteiger partial charge in [0.15, 0.2) is 0 Å². The number of ether oxygens (including phenoxy) is 3. The van der Waals surface area contributed by atoms with Crippen molar-refractivity contribution in [2.45, 2.75) is 33.2 Å². The Morgan fingerprint density at radius 3 is 1.89 bits per heavy atom. The fraction of sp³-hybridized carbons (Fsp3) is 0.571. The van der Waals surface area contributed by atoms with Crippen molar-refractivity contribution in [3.63, 3.8) is 0 Å². The molecule has 0 aromatic heterocycles. The van der Waals surface area contributed by atoms with Crippen LogP contribution in [0.2, 0.25) is 10.0 Å². The number of rotatable bonds is 8. The first kappa shape index (κ1) is 16.7. The fourth-order valence-corrected chi connectivity index (χ4v) is 2.31. The molecule has 19 heavy (non-hydrogen) atoms. The molecule has 0 fully saturated rings. The molecule has 0 N–H and O–H groups in total. The van der Waals surface area contributed by atoms with Crippen LogP contribution >= 0.6 is 23.2 Å². The van der Waals surface area contributed by atoms with E-state index in [0.29, 0.717) is 36.3 Å². The molecule has 5 heteroatoms. The second kappa shape index (κ2) is 8.08. The summed E-state index contributed by atoms with van der Waals surface area (Å²) in [7, 11) is 0. The third-order valence-corrected chi connectivity index (χ3v) is 3.10. The van der Waals surface area contributed by atoms with E-state index in [2.05, 4.69) is 0 Å². The summed E-state index contributed by atoms with van der Waals surface area (Å²) in [5.41, 5.74) is 0.876. The van der Waals surface area contributed by atoms with Crippen LogP contribution in [0.1, 0.15) is 26.3 Å². The summed E-state index contributed by atoms with van der Waals surface area (Å²) in [4.78, 5) is 0. The van der Waals surface area contributed by atoms with Crippen LogP contribution in [-0.4, -0.2) is 25.8 Å². The van der Waals surface area contributed by atoms with Gasteiger partial charge in [0.2, 0.25) is 0 Å². The fourth-order valence-electron chi connectivity index (χ4n) is 1.84. The summed E-state index contributed by atoms with van der Waals surface area (Å²) < 4.78 is 17.0. The van der Waals surface area contributed by atoms with E-state index in [1.165, 1.54) is 0 Å². The monoisotopic (exact) mass is 306 g/mol. The Labute approximate surface area is 124 Å². The molecule has 0 saturated heterocycles. The van der Waals surface area contributed by atoms with Gasteiger partial charge in [-0.05, 0) is 38.5 Å². The third kappa shape index (κ3) is 4.93. The van der Waals surface area contributed by atoms with Crippen molar-refractivity contribution in [2.75, 3.05) is 19.8 Å². The van der Waals surface area contributed by atoms with E-state index in [9.17, 15) is 0 Å². The van der Waals surface area contributed by atoms with E-state index in [1.807, 2.05) is 26.8 Å². The Bertz CT molecular complexity index is 379. The molecule has 0 bridgehead atoms. The Hall–Kier alpha value is -0.320. The summed E-state index contributed by atoms with van der Waals surface area (Å²) in [6, 6.07) is 5.35. The summed E-state index contributed by atoms with van der Waals surface area (Å²) in [6.07, 6.45) is 0.415. The SMILES string of the molecule is CCOC(Cc1ccc(Cl)cc1Cl)(OCC)OCC. The van der Waals surface area contributed by atoms with Gasteiger partial charge in [-0.25, -0.2) is 0 Å². The van der Waals surface area contributed by atoms with Gasteiger partial charge in [0.1, 0.15) is 0 Å². The van der Waals surface area contributed by atoms with Gasteiger partial charge in [-0.3, -0.25) is 0 Å². The van der Waals surface area contributed by atoms with Crippen molar-refractivity contribution in [2.24, 2.45) is 0 Å². The van der Waals surface area contributed by atoms with E-state index in [0.717, 1.165) is 5.56 Å².